The highest BCUT2D eigenvalue weighted by Crippen LogP contribution is 2.52. The van der Waals surface area contributed by atoms with Crippen LogP contribution in [0.1, 0.15) is 33.4 Å². The van der Waals surface area contributed by atoms with Gasteiger partial charge < -0.3 is 0 Å². The van der Waals surface area contributed by atoms with Gasteiger partial charge in [0, 0.05) is 94.7 Å². The Bertz CT molecular complexity index is 5050. The fraction of sp³-hybridized carbons (Fsp3) is 0.0238. The van der Waals surface area contributed by atoms with Crippen LogP contribution < -0.4 is 0 Å². The number of aromatic nitrogens is 4. The molecule has 14 aromatic rings. The van der Waals surface area contributed by atoms with Crippen LogP contribution in [0.4, 0.5) is 0 Å². The van der Waals surface area contributed by atoms with E-state index in [-0.39, 0.29) is 0 Å². The van der Waals surface area contributed by atoms with Gasteiger partial charge in [-0.25, -0.2) is 29.9 Å². The maximum atomic E-state index is 7.21. The molecule has 0 spiro atoms. The van der Waals surface area contributed by atoms with Crippen LogP contribution in [0.5, 0.6) is 0 Å². The monoisotopic (exact) mass is 1630 g/mol. The van der Waals surface area contributed by atoms with Crippen LogP contribution in [-0.2, 0) is 11.6 Å². The number of imidazole rings is 2. The third-order valence-corrected chi connectivity index (χ3v) is 20.6. The lowest BCUT2D eigenvalue weighted by Crippen LogP contribution is -2.32. The molecule has 16 heteroatoms. The summed E-state index contributed by atoms with van der Waals surface area (Å²) in [5.74, 6) is -1.60. The molecule has 0 amide bonds. The van der Waals surface area contributed by atoms with E-state index in [4.69, 9.17) is 76.3 Å². The highest BCUT2D eigenvalue weighted by atomic mass is 79.9. The molecule has 2 aliphatic rings. The minimum Gasteiger partial charge on any atom is -0.275 e. The average molecular weight is 1630 g/mol. The van der Waals surface area contributed by atoms with E-state index in [0.29, 0.717) is 54.3 Å². The number of rotatable bonds is 14. The molecule has 484 valence electrons. The first-order valence-electron chi connectivity index (χ1n) is 31.8. The molecule has 12 aromatic carbocycles. The minimum absolute atomic E-state index is 0.397. The Morgan fingerprint density at radius 3 is 0.930 bits per heavy atom. The summed E-state index contributed by atoms with van der Waals surface area (Å²) in [7, 11) is 0. The topological polar surface area (TPSA) is 85.1 Å². The fourth-order valence-electron chi connectivity index (χ4n) is 12.7. The average Bonchev–Trinajstić information content (AvgIpc) is 1.54. The van der Waals surface area contributed by atoms with Crippen LogP contribution in [0.25, 0.3) is 67.8 Å². The third kappa shape index (κ3) is 12.9. The summed E-state index contributed by atoms with van der Waals surface area (Å²) < 4.78 is 7.93. The van der Waals surface area contributed by atoms with Crippen molar-refractivity contribution in [3.63, 3.8) is 0 Å². The first kappa shape index (κ1) is 66.7. The number of nitrogens with zero attached hydrogens (tertiary/aromatic N) is 8. The Morgan fingerprint density at radius 2 is 0.570 bits per heavy atom. The second-order valence-electron chi connectivity index (χ2n) is 23.5. The van der Waals surface area contributed by atoms with Gasteiger partial charge in [-0.2, -0.15) is 0 Å². The second kappa shape index (κ2) is 28.8. The van der Waals surface area contributed by atoms with Crippen molar-refractivity contribution in [2.45, 2.75) is 11.6 Å². The summed E-state index contributed by atoms with van der Waals surface area (Å²) in [5.41, 5.74) is 16.8. The predicted octanol–water partition coefficient (Wildman–Crippen LogP) is 24.7. The lowest BCUT2D eigenvalue weighted by Gasteiger charge is -2.31. The maximum Gasteiger partial charge on any atom is 0.263 e. The first-order valence-corrected chi connectivity index (χ1v) is 36.5. The molecule has 0 saturated heterocycles. The van der Waals surface area contributed by atoms with Crippen LogP contribution in [0.15, 0.2) is 353 Å². The van der Waals surface area contributed by atoms with Crippen molar-refractivity contribution in [3.8, 4) is 67.8 Å². The summed E-state index contributed by atoms with van der Waals surface area (Å²) in [5, 5.41) is 1.83. The van der Waals surface area contributed by atoms with Crippen LogP contribution in [0.3, 0.4) is 0 Å². The van der Waals surface area contributed by atoms with Crippen molar-refractivity contribution in [1.82, 2.24) is 19.1 Å². The van der Waals surface area contributed by atoms with E-state index in [1.807, 2.05) is 206 Å². The minimum atomic E-state index is -1.51. The van der Waals surface area contributed by atoms with E-state index >= 15 is 0 Å². The molecule has 2 aromatic heterocycles. The molecule has 0 atom stereocenters. The number of halogens is 8. The molecule has 2 aliphatic heterocycles. The largest absolute Gasteiger partial charge is 0.275 e. The number of benzene rings is 12. The van der Waals surface area contributed by atoms with E-state index < -0.39 is 11.6 Å². The standard InChI is InChI=1S/C42H26Br4N4.C42H26Cl4N4/c2*43-31-21-23-33(35(45)25-31)41-47-39(29-17-9-3-10-18-29)40(30-19-11-4-12-20-30)50(41)42(34-24-22-32(44)26-36(34)46)48-37(27-13-5-1-6-14-27)38(49-42)28-15-7-2-8-16-28/h2*1-26H. The van der Waals surface area contributed by atoms with Crippen molar-refractivity contribution in [1.29, 1.82) is 0 Å². The summed E-state index contributed by atoms with van der Waals surface area (Å²) in [6.07, 6.45) is 0. The summed E-state index contributed by atoms with van der Waals surface area (Å²) >= 11 is 42.4. The Balaban J connectivity index is 0.000000162. The Labute approximate surface area is 632 Å². The van der Waals surface area contributed by atoms with Gasteiger partial charge in [-0.15, -0.1) is 0 Å². The smallest absolute Gasteiger partial charge is 0.263 e. The molecule has 0 N–H and O–H groups in total. The molecule has 16 rings (SSSR count). The highest BCUT2D eigenvalue weighted by molar-refractivity contribution is 9.11. The Kier molecular flexibility index (Phi) is 19.2. The summed E-state index contributed by atoms with van der Waals surface area (Å²) in [4.78, 5) is 33.8. The van der Waals surface area contributed by atoms with Crippen molar-refractivity contribution in [3.05, 3.63) is 387 Å². The van der Waals surface area contributed by atoms with Crippen LogP contribution in [0, 0.1) is 0 Å². The van der Waals surface area contributed by atoms with Gasteiger partial charge in [0.2, 0.25) is 0 Å². The highest BCUT2D eigenvalue weighted by Gasteiger charge is 2.48. The number of hydrogen-bond donors (Lipinski definition) is 0. The van der Waals surface area contributed by atoms with Gasteiger partial charge in [0.05, 0.1) is 55.7 Å². The van der Waals surface area contributed by atoms with Crippen LogP contribution in [0.2, 0.25) is 20.1 Å². The van der Waals surface area contributed by atoms with Crippen molar-refractivity contribution < 1.29 is 0 Å². The lowest BCUT2D eigenvalue weighted by atomic mass is 10.0. The molecule has 0 fully saturated rings. The normalized spacial score (nSPS) is 13.6. The zero-order valence-electron chi connectivity index (χ0n) is 52.6. The quantitative estimate of drug-likeness (QED) is 0.109. The third-order valence-electron chi connectivity index (χ3n) is 17.2. The molecule has 0 radical (unpaired) electrons. The molecular formula is C84H52Br4Cl4N8. The molecule has 0 bridgehead atoms. The Hall–Kier alpha value is -9.18. The first-order chi connectivity index (χ1) is 48.9. The fourth-order valence-corrected chi connectivity index (χ4v) is 16.3. The van der Waals surface area contributed by atoms with E-state index in [0.717, 1.165) is 108 Å². The van der Waals surface area contributed by atoms with Crippen molar-refractivity contribution in [2.75, 3.05) is 0 Å². The zero-order chi connectivity index (χ0) is 68.5. The zero-order valence-corrected chi connectivity index (χ0v) is 62.0. The van der Waals surface area contributed by atoms with Gasteiger partial charge >= 0.3 is 0 Å². The number of aliphatic imine (C=N–C) groups is 4. The summed E-state index contributed by atoms with van der Waals surface area (Å²) in [6.45, 7) is 0. The van der Waals surface area contributed by atoms with E-state index in [9.17, 15) is 0 Å². The van der Waals surface area contributed by atoms with Crippen LogP contribution >= 0.6 is 110 Å². The number of hydrogen-bond acceptors (Lipinski definition) is 6. The molecule has 0 unspecified atom stereocenters. The second-order valence-corrected chi connectivity index (χ2v) is 28.7. The van der Waals surface area contributed by atoms with E-state index in [2.05, 4.69) is 164 Å². The van der Waals surface area contributed by atoms with Gasteiger partial charge in [-0.3, -0.25) is 9.13 Å². The predicted molar refractivity (Wildman–Crippen MR) is 427 cm³/mol. The van der Waals surface area contributed by atoms with Gasteiger partial charge in [0.25, 0.3) is 11.6 Å². The lowest BCUT2D eigenvalue weighted by molar-refractivity contribution is 0.407. The molecule has 0 saturated carbocycles. The molecular weight excluding hydrogens is 1580 g/mol. The van der Waals surface area contributed by atoms with Crippen molar-refractivity contribution in [2.24, 2.45) is 20.0 Å². The molecule has 0 aliphatic carbocycles. The van der Waals surface area contributed by atoms with Crippen molar-refractivity contribution >= 4 is 133 Å². The van der Waals surface area contributed by atoms with Gasteiger partial charge in [0.1, 0.15) is 11.6 Å². The molecule has 8 nitrogen and oxygen atoms in total. The molecule has 100 heavy (non-hydrogen) atoms. The molecule has 4 heterocycles. The van der Waals surface area contributed by atoms with Crippen LogP contribution in [-0.4, -0.2) is 41.9 Å². The van der Waals surface area contributed by atoms with Gasteiger partial charge in [0.15, 0.2) is 0 Å². The van der Waals surface area contributed by atoms with E-state index in [1.54, 1.807) is 18.2 Å². The summed E-state index contributed by atoms with van der Waals surface area (Å²) in [6, 6.07) is 105. The SMILES string of the molecule is Brc1ccc(-c2nc(-c3ccccc3)c(-c3ccccc3)n2C2(c3ccc(Br)cc3Br)N=C(c3ccccc3)C(c3ccccc3)=N2)c(Br)c1.Clc1ccc(-c2nc(-c3ccccc3)c(-c3ccccc3)n2C2(c3ccc(Cl)cc3Cl)N=C(c3ccccc3)C(c3ccccc3)=N2)c(Cl)c1. The Morgan fingerprint density at radius 1 is 0.270 bits per heavy atom. The maximum absolute atomic E-state index is 7.21. The van der Waals surface area contributed by atoms with Gasteiger partial charge in [-0.05, 0) is 82.7 Å². The van der Waals surface area contributed by atoms with E-state index in [1.165, 1.54) is 0 Å². The van der Waals surface area contributed by atoms with Gasteiger partial charge in [-0.1, -0.05) is 343 Å².